The number of nitrogens with zero attached hydrogens (tertiary/aromatic N) is 2. The van der Waals surface area contributed by atoms with Gasteiger partial charge in [-0.2, -0.15) is 0 Å². The first-order chi connectivity index (χ1) is 18.4. The van der Waals surface area contributed by atoms with Gasteiger partial charge in [0, 0.05) is 54.3 Å². The molecule has 38 heavy (non-hydrogen) atoms. The smallest absolute Gasteiger partial charge is 0.258 e. The van der Waals surface area contributed by atoms with Gasteiger partial charge in [-0.05, 0) is 66.9 Å². The quantitative estimate of drug-likeness (QED) is 0.461. The van der Waals surface area contributed by atoms with Crippen molar-refractivity contribution in [1.82, 2.24) is 15.6 Å². The monoisotopic (exact) mass is 516 g/mol. The van der Waals surface area contributed by atoms with Gasteiger partial charge in [0.2, 0.25) is 0 Å². The summed E-state index contributed by atoms with van der Waals surface area (Å²) in [5.41, 5.74) is 2.79. The fourth-order valence-electron chi connectivity index (χ4n) is 4.90. The summed E-state index contributed by atoms with van der Waals surface area (Å²) in [5, 5.41) is 6.47. The number of carbonyl (C=O) groups is 2. The Kier molecular flexibility index (Phi) is 9.24. The molecule has 0 unspecified atom stereocenters. The molecule has 6 nitrogen and oxygen atoms in total. The standard InChI is InChI=1S/C31H37FN4O2/c1-31(2,26-10-6-7-11-27(26)32)22-35-29(37)24-12-13-28-25(20-24)21-34-16-8-4-3-5-9-19-36(28)30(38)23-14-17-33-18-15-23/h6-7,10-15,17-18,20,34H,3-5,8-9,16,19,21-22H2,1-2H3,(H,35,37). The molecule has 2 N–H and O–H groups in total. The zero-order valence-corrected chi connectivity index (χ0v) is 22.3. The molecule has 0 atom stereocenters. The van der Waals surface area contributed by atoms with Gasteiger partial charge in [-0.25, -0.2) is 4.39 Å². The number of carbonyl (C=O) groups excluding carboxylic acids is 2. The van der Waals surface area contributed by atoms with Crippen molar-refractivity contribution < 1.29 is 14.0 Å². The van der Waals surface area contributed by atoms with E-state index in [1.807, 2.05) is 30.9 Å². The minimum absolute atomic E-state index is 0.0745. The van der Waals surface area contributed by atoms with E-state index < -0.39 is 5.41 Å². The van der Waals surface area contributed by atoms with Crippen molar-refractivity contribution >= 4 is 17.5 Å². The van der Waals surface area contributed by atoms with Crippen LogP contribution in [0.3, 0.4) is 0 Å². The van der Waals surface area contributed by atoms with Crippen LogP contribution in [0.15, 0.2) is 67.0 Å². The summed E-state index contributed by atoms with van der Waals surface area (Å²) in [6.07, 6.45) is 8.63. The Morgan fingerprint density at radius 2 is 1.71 bits per heavy atom. The minimum atomic E-state index is -0.577. The molecule has 0 saturated carbocycles. The van der Waals surface area contributed by atoms with Crippen molar-refractivity contribution in [2.45, 2.75) is 57.9 Å². The van der Waals surface area contributed by atoms with Gasteiger partial charge in [-0.15, -0.1) is 0 Å². The van der Waals surface area contributed by atoms with Crippen LogP contribution in [0.5, 0.6) is 0 Å². The number of nitrogens with one attached hydrogen (secondary N) is 2. The summed E-state index contributed by atoms with van der Waals surface area (Å²) in [5.74, 6) is -0.582. The number of aromatic nitrogens is 1. The van der Waals surface area contributed by atoms with Crippen LogP contribution >= 0.6 is 0 Å². The topological polar surface area (TPSA) is 74.3 Å². The SMILES string of the molecule is CC(C)(CNC(=O)c1ccc2c(c1)CNCCCCCCCN2C(=O)c1ccncc1)c1ccccc1F. The third-order valence-corrected chi connectivity index (χ3v) is 7.15. The summed E-state index contributed by atoms with van der Waals surface area (Å²) in [6.45, 7) is 6.15. The highest BCUT2D eigenvalue weighted by molar-refractivity contribution is 6.06. The average Bonchev–Trinajstić information content (AvgIpc) is 2.92. The number of hydrogen-bond acceptors (Lipinski definition) is 4. The number of rotatable bonds is 5. The maximum Gasteiger partial charge on any atom is 0.258 e. The summed E-state index contributed by atoms with van der Waals surface area (Å²) < 4.78 is 14.4. The number of amides is 2. The Bertz CT molecular complexity index is 1250. The molecule has 200 valence electrons. The van der Waals surface area contributed by atoms with Gasteiger partial charge in [-0.3, -0.25) is 14.6 Å². The van der Waals surface area contributed by atoms with Crippen LogP contribution in [0.25, 0.3) is 0 Å². The highest BCUT2D eigenvalue weighted by Gasteiger charge is 2.26. The van der Waals surface area contributed by atoms with E-state index in [2.05, 4.69) is 15.6 Å². The van der Waals surface area contributed by atoms with Crippen molar-refractivity contribution in [2.75, 3.05) is 24.5 Å². The Morgan fingerprint density at radius 3 is 2.50 bits per heavy atom. The van der Waals surface area contributed by atoms with Crippen molar-refractivity contribution in [3.05, 3.63) is 95.1 Å². The van der Waals surface area contributed by atoms with E-state index >= 15 is 0 Å². The van der Waals surface area contributed by atoms with Crippen LogP contribution < -0.4 is 15.5 Å². The Morgan fingerprint density at radius 1 is 0.974 bits per heavy atom. The fourth-order valence-corrected chi connectivity index (χ4v) is 4.90. The number of hydrogen-bond donors (Lipinski definition) is 2. The zero-order chi connectivity index (χ0) is 27.0. The predicted molar refractivity (Wildman–Crippen MR) is 149 cm³/mol. The van der Waals surface area contributed by atoms with Gasteiger partial charge in [0.1, 0.15) is 5.82 Å². The lowest BCUT2D eigenvalue weighted by Crippen LogP contribution is -2.37. The number of fused-ring (bicyclic) bond motifs is 1. The Hall–Kier alpha value is -3.58. The van der Waals surface area contributed by atoms with Crippen molar-refractivity contribution in [3.8, 4) is 0 Å². The van der Waals surface area contributed by atoms with E-state index in [9.17, 15) is 14.0 Å². The predicted octanol–water partition coefficient (Wildman–Crippen LogP) is 5.63. The van der Waals surface area contributed by atoms with Crippen molar-refractivity contribution in [3.63, 3.8) is 0 Å². The number of halogens is 1. The molecule has 7 heteroatoms. The molecule has 2 amide bonds. The van der Waals surface area contributed by atoms with Gasteiger partial charge in [0.15, 0.2) is 0 Å². The van der Waals surface area contributed by atoms with Gasteiger partial charge in [0.25, 0.3) is 11.8 Å². The Balaban J connectivity index is 1.59. The second-order valence-electron chi connectivity index (χ2n) is 10.5. The van der Waals surface area contributed by atoms with Crippen LogP contribution in [-0.2, 0) is 12.0 Å². The maximum atomic E-state index is 14.4. The van der Waals surface area contributed by atoms with E-state index in [0.717, 1.165) is 49.9 Å². The number of pyridine rings is 1. The molecule has 4 rings (SSSR count). The van der Waals surface area contributed by atoms with E-state index in [1.54, 1.807) is 48.8 Å². The largest absolute Gasteiger partial charge is 0.351 e. The highest BCUT2D eigenvalue weighted by Crippen LogP contribution is 2.27. The van der Waals surface area contributed by atoms with Gasteiger partial charge in [-0.1, -0.05) is 51.3 Å². The molecule has 0 spiro atoms. The van der Waals surface area contributed by atoms with E-state index in [0.29, 0.717) is 29.8 Å². The molecule has 0 saturated heterocycles. The molecule has 1 aliphatic heterocycles. The van der Waals surface area contributed by atoms with Crippen molar-refractivity contribution in [1.29, 1.82) is 0 Å². The Labute approximate surface area is 224 Å². The summed E-state index contributed by atoms with van der Waals surface area (Å²) >= 11 is 0. The molecular formula is C31H37FN4O2. The first-order valence-electron chi connectivity index (χ1n) is 13.5. The highest BCUT2D eigenvalue weighted by atomic mass is 19.1. The third kappa shape index (κ3) is 6.84. The summed E-state index contributed by atoms with van der Waals surface area (Å²) in [7, 11) is 0. The second kappa shape index (κ2) is 12.8. The number of benzene rings is 2. The van der Waals surface area contributed by atoms with Crippen LogP contribution in [0.1, 0.15) is 77.8 Å². The second-order valence-corrected chi connectivity index (χ2v) is 10.5. The summed E-state index contributed by atoms with van der Waals surface area (Å²) in [4.78, 5) is 32.6. The zero-order valence-electron chi connectivity index (χ0n) is 22.3. The molecule has 3 aromatic rings. The first-order valence-corrected chi connectivity index (χ1v) is 13.5. The normalized spacial score (nSPS) is 15.1. The maximum absolute atomic E-state index is 14.4. The molecule has 1 aromatic heterocycles. The third-order valence-electron chi connectivity index (χ3n) is 7.15. The number of anilines is 1. The van der Waals surface area contributed by atoms with Crippen LogP contribution in [0, 0.1) is 5.82 Å². The van der Waals surface area contributed by atoms with Crippen LogP contribution in [0.4, 0.5) is 10.1 Å². The fraction of sp³-hybridized carbons (Fsp3) is 0.387. The molecule has 0 fully saturated rings. The minimum Gasteiger partial charge on any atom is -0.351 e. The molecule has 0 bridgehead atoms. The lowest BCUT2D eigenvalue weighted by molar-refractivity contribution is 0.0944. The van der Waals surface area contributed by atoms with E-state index in [4.69, 9.17) is 0 Å². The molecule has 0 aliphatic carbocycles. The lowest BCUT2D eigenvalue weighted by Gasteiger charge is -2.27. The van der Waals surface area contributed by atoms with Crippen LogP contribution in [0.2, 0.25) is 0 Å². The molecule has 1 aliphatic rings. The first kappa shape index (κ1) is 27.5. The van der Waals surface area contributed by atoms with E-state index in [-0.39, 0.29) is 24.2 Å². The van der Waals surface area contributed by atoms with Gasteiger partial charge >= 0.3 is 0 Å². The van der Waals surface area contributed by atoms with Gasteiger partial charge < -0.3 is 15.5 Å². The van der Waals surface area contributed by atoms with Gasteiger partial charge in [0.05, 0.1) is 0 Å². The van der Waals surface area contributed by atoms with Crippen LogP contribution in [-0.4, -0.2) is 36.4 Å². The van der Waals surface area contributed by atoms with E-state index in [1.165, 1.54) is 6.07 Å². The van der Waals surface area contributed by atoms with Crippen molar-refractivity contribution in [2.24, 2.45) is 0 Å². The molecule has 2 aromatic carbocycles. The molecular weight excluding hydrogens is 479 g/mol. The average molecular weight is 517 g/mol. The molecule has 2 heterocycles. The lowest BCUT2D eigenvalue weighted by atomic mass is 9.84. The molecule has 0 radical (unpaired) electrons. The summed E-state index contributed by atoms with van der Waals surface area (Å²) in [6, 6.07) is 15.6.